The van der Waals surface area contributed by atoms with E-state index in [1.165, 1.54) is 4.68 Å². The number of furan rings is 1. The lowest BCUT2D eigenvalue weighted by Crippen LogP contribution is -2.20. The SMILES string of the molecule is N#Cc1ccccc1COc1ccc(C=Nn2c(-c3cc4cc(Cl)ccc4o3)nc3ccccc3c2=O)cc1Br. The minimum atomic E-state index is -0.328. The summed E-state index contributed by atoms with van der Waals surface area (Å²) in [4.78, 5) is 18.2. The fourth-order valence-corrected chi connectivity index (χ4v) is 4.96. The third kappa shape index (κ3) is 5.00. The van der Waals surface area contributed by atoms with Crippen molar-refractivity contribution in [3.63, 3.8) is 0 Å². The van der Waals surface area contributed by atoms with Crippen molar-refractivity contribution in [2.24, 2.45) is 5.10 Å². The quantitative estimate of drug-likeness (QED) is 0.182. The van der Waals surface area contributed by atoms with Gasteiger partial charge in [-0.3, -0.25) is 4.79 Å². The summed E-state index contributed by atoms with van der Waals surface area (Å²) in [5, 5.41) is 15.6. The number of benzene rings is 4. The van der Waals surface area contributed by atoms with Crippen molar-refractivity contribution < 1.29 is 9.15 Å². The molecule has 0 radical (unpaired) electrons. The van der Waals surface area contributed by atoms with Gasteiger partial charge in [-0.2, -0.15) is 15.0 Å². The molecule has 4 aromatic carbocycles. The summed E-state index contributed by atoms with van der Waals surface area (Å²) >= 11 is 9.70. The molecule has 0 saturated carbocycles. The van der Waals surface area contributed by atoms with Crippen LogP contribution in [0.4, 0.5) is 0 Å². The molecule has 0 N–H and O–H groups in total. The number of hydrogen-bond acceptors (Lipinski definition) is 6. The van der Waals surface area contributed by atoms with Crippen LogP contribution < -0.4 is 10.3 Å². The minimum Gasteiger partial charge on any atom is -0.488 e. The minimum absolute atomic E-state index is 0.250. The molecule has 0 spiro atoms. The molecule has 6 aromatic rings. The first kappa shape index (κ1) is 25.6. The maximum atomic E-state index is 13.5. The lowest BCUT2D eigenvalue weighted by molar-refractivity contribution is 0.304. The van der Waals surface area contributed by atoms with Gasteiger partial charge in [0.15, 0.2) is 5.76 Å². The Morgan fingerprint density at radius 3 is 2.73 bits per heavy atom. The molecule has 194 valence electrons. The van der Waals surface area contributed by atoms with Gasteiger partial charge in [0.1, 0.15) is 17.9 Å². The average Bonchev–Trinajstić information content (AvgIpc) is 3.39. The normalized spacial score (nSPS) is 11.3. The zero-order valence-corrected chi connectivity index (χ0v) is 23.1. The van der Waals surface area contributed by atoms with Crippen LogP contribution in [0.2, 0.25) is 5.02 Å². The van der Waals surface area contributed by atoms with Crippen LogP contribution in [0.1, 0.15) is 16.7 Å². The van der Waals surface area contributed by atoms with Gasteiger partial charge >= 0.3 is 0 Å². The first-order valence-corrected chi connectivity index (χ1v) is 13.3. The van der Waals surface area contributed by atoms with Crippen molar-refractivity contribution in [1.82, 2.24) is 9.66 Å². The fraction of sp³-hybridized carbons (Fsp3) is 0.0323. The van der Waals surface area contributed by atoms with Gasteiger partial charge in [-0.15, -0.1) is 0 Å². The Hall–Kier alpha value is -4.71. The van der Waals surface area contributed by atoms with E-state index in [0.717, 1.165) is 16.5 Å². The third-order valence-electron chi connectivity index (χ3n) is 6.25. The number of rotatable bonds is 6. The molecule has 40 heavy (non-hydrogen) atoms. The largest absolute Gasteiger partial charge is 0.488 e. The zero-order chi connectivity index (χ0) is 27.6. The summed E-state index contributed by atoms with van der Waals surface area (Å²) in [6.07, 6.45) is 1.57. The number of para-hydroxylation sites is 1. The topological polar surface area (TPSA) is 93.4 Å². The molecular formula is C31H18BrClN4O3. The number of halogens is 2. The number of nitrogens with zero attached hydrogens (tertiary/aromatic N) is 4. The third-order valence-corrected chi connectivity index (χ3v) is 7.11. The van der Waals surface area contributed by atoms with E-state index in [1.807, 2.05) is 36.4 Å². The highest BCUT2D eigenvalue weighted by Gasteiger charge is 2.17. The van der Waals surface area contributed by atoms with E-state index in [4.69, 9.17) is 25.7 Å². The lowest BCUT2D eigenvalue weighted by atomic mass is 10.1. The second-order valence-corrected chi connectivity index (χ2v) is 10.1. The van der Waals surface area contributed by atoms with Crippen molar-refractivity contribution >= 4 is 55.6 Å². The van der Waals surface area contributed by atoms with Crippen molar-refractivity contribution in [1.29, 1.82) is 5.26 Å². The van der Waals surface area contributed by atoms with E-state index in [-0.39, 0.29) is 18.0 Å². The van der Waals surface area contributed by atoms with E-state index in [2.05, 4.69) is 27.1 Å². The molecule has 0 fully saturated rings. The van der Waals surface area contributed by atoms with Gasteiger partial charge in [-0.05, 0) is 82.2 Å². The molecule has 9 heteroatoms. The van der Waals surface area contributed by atoms with E-state index in [1.54, 1.807) is 60.8 Å². The number of nitriles is 1. The molecule has 2 aromatic heterocycles. The van der Waals surface area contributed by atoms with Crippen molar-refractivity contribution in [2.45, 2.75) is 6.61 Å². The molecule has 0 amide bonds. The van der Waals surface area contributed by atoms with Gasteiger partial charge in [0.25, 0.3) is 5.56 Å². The molecule has 0 aliphatic rings. The first-order valence-electron chi connectivity index (χ1n) is 12.2. The van der Waals surface area contributed by atoms with Gasteiger partial charge in [-0.1, -0.05) is 41.9 Å². The Morgan fingerprint density at radius 1 is 1.05 bits per heavy atom. The summed E-state index contributed by atoms with van der Waals surface area (Å²) in [7, 11) is 0. The Kier molecular flexibility index (Phi) is 6.91. The Labute approximate surface area is 241 Å². The Bertz CT molecular complexity index is 2040. The summed E-state index contributed by atoms with van der Waals surface area (Å²) < 4.78 is 13.9. The lowest BCUT2D eigenvalue weighted by Gasteiger charge is -2.10. The molecule has 2 heterocycles. The molecule has 6 rings (SSSR count). The maximum absolute atomic E-state index is 13.5. The van der Waals surface area contributed by atoms with Gasteiger partial charge in [0, 0.05) is 16.0 Å². The standard InChI is InChI=1S/C31H18BrClN4O3/c32-25-13-19(9-11-28(25)39-18-21-6-2-1-5-20(21)16-34)17-35-37-30(36-26-8-4-3-7-24(26)31(37)38)29-15-22-14-23(33)10-12-27(22)40-29/h1-15,17H,18H2. The van der Waals surface area contributed by atoms with Crippen LogP contribution in [-0.4, -0.2) is 15.9 Å². The van der Waals surface area contributed by atoms with Gasteiger partial charge < -0.3 is 9.15 Å². The molecule has 0 aliphatic carbocycles. The molecule has 0 atom stereocenters. The van der Waals surface area contributed by atoms with Crippen LogP contribution in [-0.2, 0) is 6.61 Å². The number of hydrogen-bond donors (Lipinski definition) is 0. The predicted octanol–water partition coefficient (Wildman–Crippen LogP) is 7.56. The second kappa shape index (κ2) is 10.8. The van der Waals surface area contributed by atoms with Crippen LogP contribution in [0.3, 0.4) is 0 Å². The number of aromatic nitrogens is 2. The van der Waals surface area contributed by atoms with Gasteiger partial charge in [0.2, 0.25) is 5.82 Å². The highest BCUT2D eigenvalue weighted by Crippen LogP contribution is 2.30. The highest BCUT2D eigenvalue weighted by atomic mass is 79.9. The Morgan fingerprint density at radius 2 is 1.88 bits per heavy atom. The first-order chi connectivity index (χ1) is 19.5. The highest BCUT2D eigenvalue weighted by molar-refractivity contribution is 9.10. The van der Waals surface area contributed by atoms with E-state index in [9.17, 15) is 10.1 Å². The molecule has 7 nitrogen and oxygen atoms in total. The van der Waals surface area contributed by atoms with Crippen LogP contribution in [0.25, 0.3) is 33.5 Å². The van der Waals surface area contributed by atoms with Crippen LogP contribution in [0.5, 0.6) is 5.75 Å². The van der Waals surface area contributed by atoms with Crippen molar-refractivity contribution in [2.75, 3.05) is 0 Å². The van der Waals surface area contributed by atoms with E-state index >= 15 is 0 Å². The van der Waals surface area contributed by atoms with Crippen LogP contribution in [0, 0.1) is 11.3 Å². The van der Waals surface area contributed by atoms with E-state index in [0.29, 0.717) is 43.1 Å². The van der Waals surface area contributed by atoms with Crippen LogP contribution >= 0.6 is 27.5 Å². The molecule has 0 unspecified atom stereocenters. The summed E-state index contributed by atoms with van der Waals surface area (Å²) in [5.74, 6) is 1.26. The smallest absolute Gasteiger partial charge is 0.282 e. The number of fused-ring (bicyclic) bond motifs is 2. The van der Waals surface area contributed by atoms with Crippen LogP contribution in [0.15, 0.2) is 110 Å². The Balaban J connectivity index is 1.35. The average molecular weight is 610 g/mol. The van der Waals surface area contributed by atoms with E-state index < -0.39 is 0 Å². The summed E-state index contributed by atoms with van der Waals surface area (Å²) in [6, 6.07) is 29.1. The summed E-state index contributed by atoms with van der Waals surface area (Å²) in [5.41, 5.74) is 2.92. The summed E-state index contributed by atoms with van der Waals surface area (Å²) in [6.45, 7) is 0.250. The molecule has 0 saturated heterocycles. The van der Waals surface area contributed by atoms with Gasteiger partial charge in [-0.25, -0.2) is 4.98 Å². The zero-order valence-electron chi connectivity index (χ0n) is 20.7. The maximum Gasteiger partial charge on any atom is 0.282 e. The molecule has 0 aliphatic heterocycles. The van der Waals surface area contributed by atoms with Gasteiger partial charge in [0.05, 0.1) is 33.2 Å². The second-order valence-electron chi connectivity index (χ2n) is 8.85. The predicted molar refractivity (Wildman–Crippen MR) is 159 cm³/mol. The van der Waals surface area contributed by atoms with Crippen molar-refractivity contribution in [3.05, 3.63) is 128 Å². The molecule has 0 bridgehead atoms. The van der Waals surface area contributed by atoms with Crippen molar-refractivity contribution in [3.8, 4) is 23.4 Å². The number of ether oxygens (including phenoxy) is 1. The monoisotopic (exact) mass is 608 g/mol. The fourth-order valence-electron chi connectivity index (χ4n) is 4.26. The molecular weight excluding hydrogens is 592 g/mol.